The van der Waals surface area contributed by atoms with Crippen LogP contribution in [0.15, 0.2) is 12.1 Å². The minimum absolute atomic E-state index is 0.282. The van der Waals surface area contributed by atoms with Crippen molar-refractivity contribution in [2.75, 3.05) is 5.73 Å². The van der Waals surface area contributed by atoms with Crippen LogP contribution in [0.2, 0.25) is 0 Å². The number of nitrogens with two attached hydrogens (primary N) is 1. The third kappa shape index (κ3) is 2.46. The normalized spacial score (nSPS) is 8.67. The fourth-order valence-electron chi connectivity index (χ4n) is 0.952. The van der Waals surface area contributed by atoms with E-state index in [0.717, 1.165) is 16.8 Å². The Kier molecular flexibility index (Phi) is 4.19. The van der Waals surface area contributed by atoms with Crippen molar-refractivity contribution < 1.29 is 5.11 Å². The minimum atomic E-state index is 0.282. The van der Waals surface area contributed by atoms with Gasteiger partial charge in [-0.05, 0) is 37.1 Å². The smallest absolute Gasteiger partial charge is 0.116 e. The van der Waals surface area contributed by atoms with Gasteiger partial charge in [-0.1, -0.05) is 13.8 Å². The number of phenolic OH excluding ortho intramolecular Hbond substituents is 1. The first-order valence-electron chi connectivity index (χ1n) is 4.17. The molecule has 0 spiro atoms. The fraction of sp³-hybridized carbons (Fsp3) is 0.400. The van der Waals surface area contributed by atoms with E-state index in [9.17, 15) is 0 Å². The van der Waals surface area contributed by atoms with Crippen LogP contribution in [0.1, 0.15) is 25.0 Å². The molecule has 12 heavy (non-hydrogen) atoms. The van der Waals surface area contributed by atoms with Gasteiger partial charge in [-0.25, -0.2) is 0 Å². The molecule has 0 aliphatic carbocycles. The van der Waals surface area contributed by atoms with Crippen LogP contribution < -0.4 is 5.73 Å². The molecule has 2 heteroatoms. The van der Waals surface area contributed by atoms with Crippen molar-refractivity contribution in [2.45, 2.75) is 27.7 Å². The standard InChI is InChI=1S/C8H11NO.C2H6/c1-5-3-7(10)4-6(2)8(5)9;1-2/h3-4,10H,9H2,1-2H3;1-2H3. The second-order valence-electron chi connectivity index (χ2n) is 2.49. The summed E-state index contributed by atoms with van der Waals surface area (Å²) in [4.78, 5) is 0. The van der Waals surface area contributed by atoms with E-state index in [1.54, 1.807) is 12.1 Å². The van der Waals surface area contributed by atoms with Crippen LogP contribution in [0.25, 0.3) is 0 Å². The molecule has 0 atom stereocenters. The average Bonchev–Trinajstić information content (AvgIpc) is 2.04. The molecular weight excluding hydrogens is 150 g/mol. The van der Waals surface area contributed by atoms with Gasteiger partial charge in [0.15, 0.2) is 0 Å². The quantitative estimate of drug-likeness (QED) is 0.461. The third-order valence-corrected chi connectivity index (χ3v) is 1.58. The Morgan fingerprint density at radius 1 is 1.08 bits per heavy atom. The van der Waals surface area contributed by atoms with Crippen molar-refractivity contribution in [3.05, 3.63) is 23.3 Å². The predicted octanol–water partition coefficient (Wildman–Crippen LogP) is 2.62. The highest BCUT2D eigenvalue weighted by Gasteiger charge is 1.98. The monoisotopic (exact) mass is 167 g/mol. The number of nitrogen functional groups attached to an aromatic ring is 1. The van der Waals surface area contributed by atoms with Gasteiger partial charge in [0.25, 0.3) is 0 Å². The van der Waals surface area contributed by atoms with Gasteiger partial charge >= 0.3 is 0 Å². The van der Waals surface area contributed by atoms with E-state index in [0.29, 0.717) is 0 Å². The number of phenols is 1. The molecule has 1 aromatic carbocycles. The van der Waals surface area contributed by atoms with E-state index in [2.05, 4.69) is 0 Å². The lowest BCUT2D eigenvalue weighted by atomic mass is 10.1. The van der Waals surface area contributed by atoms with E-state index in [-0.39, 0.29) is 5.75 Å². The third-order valence-electron chi connectivity index (χ3n) is 1.58. The number of hydrogen-bond acceptors (Lipinski definition) is 2. The summed E-state index contributed by atoms with van der Waals surface area (Å²) < 4.78 is 0. The SMILES string of the molecule is CC.Cc1cc(O)cc(C)c1N. The second kappa shape index (κ2) is 4.65. The summed E-state index contributed by atoms with van der Waals surface area (Å²) in [5.74, 6) is 0.282. The van der Waals surface area contributed by atoms with Gasteiger partial charge in [0.05, 0.1) is 0 Å². The molecule has 68 valence electrons. The lowest BCUT2D eigenvalue weighted by Gasteiger charge is -2.03. The number of anilines is 1. The molecule has 0 fully saturated rings. The molecule has 1 aromatic rings. The van der Waals surface area contributed by atoms with Crippen LogP contribution in [0, 0.1) is 13.8 Å². The molecule has 0 aromatic heterocycles. The fourth-order valence-corrected chi connectivity index (χ4v) is 0.952. The van der Waals surface area contributed by atoms with E-state index in [1.807, 2.05) is 27.7 Å². The van der Waals surface area contributed by atoms with Crippen LogP contribution >= 0.6 is 0 Å². The van der Waals surface area contributed by atoms with Gasteiger partial charge in [-0.2, -0.15) is 0 Å². The molecule has 2 nitrogen and oxygen atoms in total. The molecule has 0 unspecified atom stereocenters. The maximum absolute atomic E-state index is 9.06. The average molecular weight is 167 g/mol. The van der Waals surface area contributed by atoms with Crippen LogP contribution in [0.3, 0.4) is 0 Å². The maximum atomic E-state index is 9.06. The molecule has 0 saturated carbocycles. The zero-order chi connectivity index (χ0) is 9.72. The lowest BCUT2D eigenvalue weighted by Crippen LogP contribution is -1.92. The summed E-state index contributed by atoms with van der Waals surface area (Å²) in [6, 6.07) is 3.31. The van der Waals surface area contributed by atoms with E-state index >= 15 is 0 Å². The summed E-state index contributed by atoms with van der Waals surface area (Å²) in [6.45, 7) is 7.75. The molecule has 0 amide bonds. The number of aromatic hydroxyl groups is 1. The van der Waals surface area contributed by atoms with E-state index in [1.165, 1.54) is 0 Å². The minimum Gasteiger partial charge on any atom is -0.508 e. The van der Waals surface area contributed by atoms with Gasteiger partial charge in [0.1, 0.15) is 5.75 Å². The van der Waals surface area contributed by atoms with E-state index in [4.69, 9.17) is 10.8 Å². The summed E-state index contributed by atoms with van der Waals surface area (Å²) in [5, 5.41) is 9.06. The van der Waals surface area contributed by atoms with Gasteiger partial charge < -0.3 is 10.8 Å². The Morgan fingerprint density at radius 2 is 1.42 bits per heavy atom. The highest BCUT2D eigenvalue weighted by Crippen LogP contribution is 2.21. The molecule has 0 aliphatic heterocycles. The van der Waals surface area contributed by atoms with Gasteiger partial charge in [-0.15, -0.1) is 0 Å². The van der Waals surface area contributed by atoms with Gasteiger partial charge in [0.2, 0.25) is 0 Å². The molecule has 3 N–H and O–H groups in total. The Morgan fingerprint density at radius 3 is 1.75 bits per heavy atom. The van der Waals surface area contributed by atoms with Crippen LogP contribution in [0.5, 0.6) is 5.75 Å². The van der Waals surface area contributed by atoms with Crippen molar-refractivity contribution in [3.63, 3.8) is 0 Å². The van der Waals surface area contributed by atoms with E-state index < -0.39 is 0 Å². The highest BCUT2D eigenvalue weighted by molar-refractivity contribution is 5.55. The second-order valence-corrected chi connectivity index (χ2v) is 2.49. The predicted molar refractivity (Wildman–Crippen MR) is 53.3 cm³/mol. The number of rotatable bonds is 0. The Bertz CT molecular complexity index is 233. The largest absolute Gasteiger partial charge is 0.508 e. The molecule has 0 radical (unpaired) electrons. The lowest BCUT2D eigenvalue weighted by molar-refractivity contribution is 0.474. The van der Waals surface area contributed by atoms with Crippen LogP contribution in [0.4, 0.5) is 5.69 Å². The first kappa shape index (κ1) is 10.8. The maximum Gasteiger partial charge on any atom is 0.116 e. The topological polar surface area (TPSA) is 46.2 Å². The Balaban J connectivity index is 0.000000561. The number of benzene rings is 1. The van der Waals surface area contributed by atoms with Crippen molar-refractivity contribution in [1.82, 2.24) is 0 Å². The first-order chi connectivity index (χ1) is 5.61. The summed E-state index contributed by atoms with van der Waals surface area (Å²) in [6.07, 6.45) is 0. The molecule has 1 rings (SSSR count). The van der Waals surface area contributed by atoms with Crippen molar-refractivity contribution >= 4 is 5.69 Å². The van der Waals surface area contributed by atoms with Crippen molar-refractivity contribution in [1.29, 1.82) is 0 Å². The van der Waals surface area contributed by atoms with Crippen molar-refractivity contribution in [3.8, 4) is 5.75 Å². The number of aryl methyl sites for hydroxylation is 2. The Labute approximate surface area is 74.0 Å². The van der Waals surface area contributed by atoms with Crippen molar-refractivity contribution in [2.24, 2.45) is 0 Å². The summed E-state index contributed by atoms with van der Waals surface area (Å²) in [7, 11) is 0. The number of hydrogen-bond donors (Lipinski definition) is 2. The molecule has 0 saturated heterocycles. The van der Waals surface area contributed by atoms with Crippen LogP contribution in [-0.2, 0) is 0 Å². The molecule has 0 bridgehead atoms. The summed E-state index contributed by atoms with van der Waals surface area (Å²) >= 11 is 0. The highest BCUT2D eigenvalue weighted by atomic mass is 16.3. The first-order valence-corrected chi connectivity index (χ1v) is 4.17. The zero-order valence-electron chi connectivity index (χ0n) is 8.18. The van der Waals surface area contributed by atoms with Crippen LogP contribution in [-0.4, -0.2) is 5.11 Å². The molecule has 0 heterocycles. The molecule has 0 aliphatic rings. The summed E-state index contributed by atoms with van der Waals surface area (Å²) in [5.41, 5.74) is 8.26. The van der Waals surface area contributed by atoms with Gasteiger partial charge in [-0.3, -0.25) is 0 Å². The zero-order valence-corrected chi connectivity index (χ0v) is 8.18. The van der Waals surface area contributed by atoms with Gasteiger partial charge in [0, 0.05) is 5.69 Å². The molecular formula is C10H17NO. The Hall–Kier alpha value is -1.18.